The third kappa shape index (κ3) is 3.53. The number of benzene rings is 2. The summed E-state index contributed by atoms with van der Waals surface area (Å²) in [6, 6.07) is 20.7. The van der Waals surface area contributed by atoms with Crippen LogP contribution in [0.25, 0.3) is 34.2 Å². The van der Waals surface area contributed by atoms with Crippen LogP contribution < -0.4 is 5.43 Å². The van der Waals surface area contributed by atoms with Gasteiger partial charge in [0, 0.05) is 30.2 Å². The molecule has 0 aliphatic rings. The van der Waals surface area contributed by atoms with E-state index in [1.54, 1.807) is 46.3 Å². The maximum absolute atomic E-state index is 12.7. The number of aromatic nitrogens is 6. The van der Waals surface area contributed by atoms with Gasteiger partial charge >= 0.3 is 0 Å². The quantitative estimate of drug-likeness (QED) is 0.453. The lowest BCUT2D eigenvalue weighted by Gasteiger charge is -2.12. The summed E-state index contributed by atoms with van der Waals surface area (Å²) in [5.74, 6) is 0.664. The second-order valence-electron chi connectivity index (χ2n) is 7.01. The maximum atomic E-state index is 12.7. The molecule has 0 saturated carbocycles. The molecule has 0 unspecified atom stereocenters. The molecular weight excluding hydrogens is 388 g/mol. The molecule has 5 aromatic rings. The Morgan fingerprint density at radius 2 is 1.65 bits per heavy atom. The van der Waals surface area contributed by atoms with Gasteiger partial charge in [-0.05, 0) is 55.0 Å². The third-order valence-electron chi connectivity index (χ3n) is 4.96. The summed E-state index contributed by atoms with van der Waals surface area (Å²) >= 11 is 0. The zero-order valence-electron chi connectivity index (χ0n) is 16.8. The zero-order chi connectivity index (χ0) is 21.2. The molecule has 7 nitrogen and oxygen atoms in total. The van der Waals surface area contributed by atoms with Crippen molar-refractivity contribution in [1.82, 2.24) is 29.5 Å². The first-order valence-corrected chi connectivity index (χ1v) is 9.79. The van der Waals surface area contributed by atoms with Crippen molar-refractivity contribution in [3.63, 3.8) is 0 Å². The Morgan fingerprint density at radius 1 is 0.839 bits per heavy atom. The van der Waals surface area contributed by atoms with E-state index in [1.807, 2.05) is 55.5 Å². The van der Waals surface area contributed by atoms with Gasteiger partial charge in [-0.1, -0.05) is 18.2 Å². The van der Waals surface area contributed by atoms with Crippen LogP contribution in [-0.4, -0.2) is 29.5 Å². The summed E-state index contributed by atoms with van der Waals surface area (Å²) in [6.45, 7) is 2.00. The zero-order valence-corrected chi connectivity index (χ0v) is 16.8. The lowest BCUT2D eigenvalue weighted by molar-refractivity contribution is 0.818. The normalized spacial score (nSPS) is 10.9. The van der Waals surface area contributed by atoms with Crippen LogP contribution in [-0.2, 0) is 0 Å². The lowest BCUT2D eigenvalue weighted by Crippen LogP contribution is -2.15. The number of nitrogens with zero attached hydrogens (tertiary/aromatic N) is 6. The Morgan fingerprint density at radius 3 is 2.42 bits per heavy atom. The van der Waals surface area contributed by atoms with Crippen molar-refractivity contribution in [2.24, 2.45) is 0 Å². The van der Waals surface area contributed by atoms with Crippen molar-refractivity contribution in [3.05, 3.63) is 107 Å². The van der Waals surface area contributed by atoms with Crippen LogP contribution in [0, 0.1) is 6.92 Å². The van der Waals surface area contributed by atoms with Crippen LogP contribution in [0.1, 0.15) is 5.56 Å². The summed E-state index contributed by atoms with van der Waals surface area (Å²) in [7, 11) is 0. The minimum atomic E-state index is -0.166. The smallest absolute Gasteiger partial charge is 0.209 e. The summed E-state index contributed by atoms with van der Waals surface area (Å²) in [6.07, 6.45) is 6.78. The second kappa shape index (κ2) is 7.79. The largest absolute Gasteiger partial charge is 0.287 e. The highest BCUT2D eigenvalue weighted by Crippen LogP contribution is 2.22. The molecule has 3 heterocycles. The topological polar surface area (TPSA) is 78.5 Å². The fraction of sp³-hybridized carbons (Fsp3) is 0.0417. The molecule has 0 saturated heterocycles. The molecule has 0 amide bonds. The first kappa shape index (κ1) is 18.6. The number of aryl methyl sites for hydroxylation is 1. The monoisotopic (exact) mass is 406 g/mol. The Balaban J connectivity index is 1.58. The molecular formula is C24H18N6O. The van der Waals surface area contributed by atoms with Gasteiger partial charge in [0.2, 0.25) is 5.43 Å². The van der Waals surface area contributed by atoms with Crippen molar-refractivity contribution in [1.29, 1.82) is 0 Å². The molecule has 0 N–H and O–H groups in total. The standard InChI is InChI=1S/C24H18N6O/c1-17-16-18(24-25-12-5-13-26-24)8-9-20(17)29-15-11-22(31)23(28-29)21-10-14-27-30(21)19-6-3-2-4-7-19/h2-16H,1H3. The first-order chi connectivity index (χ1) is 15.2. The molecule has 3 aromatic heterocycles. The van der Waals surface area contributed by atoms with Gasteiger partial charge < -0.3 is 0 Å². The van der Waals surface area contributed by atoms with Crippen LogP contribution in [0.5, 0.6) is 0 Å². The van der Waals surface area contributed by atoms with Gasteiger partial charge in [-0.2, -0.15) is 10.2 Å². The average molecular weight is 406 g/mol. The van der Waals surface area contributed by atoms with Crippen LogP contribution in [0.2, 0.25) is 0 Å². The minimum Gasteiger partial charge on any atom is -0.287 e. The van der Waals surface area contributed by atoms with Gasteiger partial charge in [0.25, 0.3) is 0 Å². The van der Waals surface area contributed by atoms with Crippen LogP contribution in [0.3, 0.4) is 0 Å². The van der Waals surface area contributed by atoms with E-state index >= 15 is 0 Å². The molecule has 0 aliphatic heterocycles. The van der Waals surface area contributed by atoms with E-state index in [1.165, 1.54) is 6.07 Å². The summed E-state index contributed by atoms with van der Waals surface area (Å²) < 4.78 is 3.43. The number of hydrogen-bond donors (Lipinski definition) is 0. The van der Waals surface area contributed by atoms with Gasteiger partial charge in [-0.25, -0.2) is 19.3 Å². The molecule has 0 fully saturated rings. The Labute approximate surface area is 178 Å². The number of para-hydroxylation sites is 1. The summed E-state index contributed by atoms with van der Waals surface area (Å²) in [5.41, 5.74) is 4.44. The van der Waals surface area contributed by atoms with E-state index < -0.39 is 0 Å². The number of rotatable bonds is 4. The molecule has 0 atom stereocenters. The van der Waals surface area contributed by atoms with Crippen molar-refractivity contribution in [3.8, 4) is 34.2 Å². The minimum absolute atomic E-state index is 0.166. The molecule has 0 radical (unpaired) electrons. The van der Waals surface area contributed by atoms with E-state index in [2.05, 4.69) is 20.2 Å². The van der Waals surface area contributed by atoms with Crippen molar-refractivity contribution in [2.75, 3.05) is 0 Å². The number of hydrogen-bond acceptors (Lipinski definition) is 5. The highest BCUT2D eigenvalue weighted by molar-refractivity contribution is 5.61. The Hall–Kier alpha value is -4.39. The fourth-order valence-corrected chi connectivity index (χ4v) is 3.48. The molecule has 0 spiro atoms. The van der Waals surface area contributed by atoms with Crippen molar-refractivity contribution >= 4 is 0 Å². The fourth-order valence-electron chi connectivity index (χ4n) is 3.48. The molecule has 0 bridgehead atoms. The molecule has 5 rings (SSSR count). The molecule has 7 heteroatoms. The Bertz CT molecular complexity index is 1410. The summed E-state index contributed by atoms with van der Waals surface area (Å²) in [4.78, 5) is 21.3. The van der Waals surface area contributed by atoms with Crippen LogP contribution >= 0.6 is 0 Å². The van der Waals surface area contributed by atoms with Crippen LogP contribution in [0.4, 0.5) is 0 Å². The second-order valence-corrected chi connectivity index (χ2v) is 7.01. The average Bonchev–Trinajstić information content (AvgIpc) is 3.30. The third-order valence-corrected chi connectivity index (χ3v) is 4.96. The highest BCUT2D eigenvalue weighted by atomic mass is 16.1. The molecule has 2 aromatic carbocycles. The lowest BCUT2D eigenvalue weighted by atomic mass is 10.1. The van der Waals surface area contributed by atoms with Gasteiger partial charge in [0.1, 0.15) is 0 Å². The highest BCUT2D eigenvalue weighted by Gasteiger charge is 2.14. The van der Waals surface area contributed by atoms with Gasteiger partial charge in [0.05, 0.1) is 23.3 Å². The predicted octanol–water partition coefficient (Wildman–Crippen LogP) is 3.85. The maximum Gasteiger partial charge on any atom is 0.209 e. The van der Waals surface area contributed by atoms with Gasteiger partial charge in [-0.3, -0.25) is 4.79 Å². The molecule has 150 valence electrons. The van der Waals surface area contributed by atoms with Crippen molar-refractivity contribution in [2.45, 2.75) is 6.92 Å². The van der Waals surface area contributed by atoms with Crippen molar-refractivity contribution < 1.29 is 0 Å². The van der Waals surface area contributed by atoms with E-state index in [0.29, 0.717) is 17.2 Å². The summed E-state index contributed by atoms with van der Waals surface area (Å²) in [5, 5.41) is 9.03. The Kier molecular flexibility index (Phi) is 4.68. The van der Waals surface area contributed by atoms with E-state index in [0.717, 1.165) is 22.5 Å². The van der Waals surface area contributed by atoms with Gasteiger partial charge in [-0.15, -0.1) is 0 Å². The predicted molar refractivity (Wildman–Crippen MR) is 118 cm³/mol. The SMILES string of the molecule is Cc1cc(-c2ncccn2)ccc1-n1ccc(=O)c(-c2ccnn2-c2ccccc2)n1. The van der Waals surface area contributed by atoms with E-state index in [-0.39, 0.29) is 5.43 Å². The van der Waals surface area contributed by atoms with E-state index in [4.69, 9.17) is 0 Å². The van der Waals surface area contributed by atoms with Crippen LogP contribution in [0.15, 0.2) is 96.3 Å². The molecule has 0 aliphatic carbocycles. The van der Waals surface area contributed by atoms with Gasteiger partial charge in [0.15, 0.2) is 11.5 Å². The first-order valence-electron chi connectivity index (χ1n) is 9.79. The molecule has 31 heavy (non-hydrogen) atoms. The van der Waals surface area contributed by atoms with E-state index in [9.17, 15) is 4.79 Å².